The van der Waals surface area contributed by atoms with E-state index in [0.29, 0.717) is 0 Å². The van der Waals surface area contributed by atoms with Gasteiger partial charge < -0.3 is 10.1 Å². The molecule has 0 heterocycles. The Balaban J connectivity index is 2.31. The molecule has 0 saturated heterocycles. The van der Waals surface area contributed by atoms with Crippen molar-refractivity contribution in [1.82, 2.24) is 5.32 Å². The highest BCUT2D eigenvalue weighted by molar-refractivity contribution is 4.74. The molecule has 0 bridgehead atoms. The Bertz CT molecular complexity index is 116. The summed E-state index contributed by atoms with van der Waals surface area (Å²) in [6.45, 7) is 0.943. The molecule has 0 spiro atoms. The van der Waals surface area contributed by atoms with Crippen LogP contribution < -0.4 is 5.32 Å². The van der Waals surface area contributed by atoms with E-state index in [1.807, 2.05) is 0 Å². The summed E-state index contributed by atoms with van der Waals surface area (Å²) in [6, 6.07) is 0.729. The fourth-order valence-corrected chi connectivity index (χ4v) is 2.11. The molecule has 12 heavy (non-hydrogen) atoms. The molecule has 72 valence electrons. The van der Waals surface area contributed by atoms with Crippen LogP contribution >= 0.6 is 0 Å². The summed E-state index contributed by atoms with van der Waals surface area (Å²) in [5, 5.41) is 3.38. The monoisotopic (exact) mass is 171 g/mol. The topological polar surface area (TPSA) is 21.3 Å². The molecule has 1 fully saturated rings. The molecule has 0 aromatic carbocycles. The second kappa shape index (κ2) is 5.55. The van der Waals surface area contributed by atoms with E-state index < -0.39 is 0 Å². The summed E-state index contributed by atoms with van der Waals surface area (Å²) in [7, 11) is 3.87. The van der Waals surface area contributed by atoms with Crippen LogP contribution in [0.15, 0.2) is 0 Å². The minimum absolute atomic E-state index is 0.729. The fourth-order valence-electron chi connectivity index (χ4n) is 2.11. The van der Waals surface area contributed by atoms with Crippen molar-refractivity contribution in [1.29, 1.82) is 0 Å². The lowest BCUT2D eigenvalue weighted by Crippen LogP contribution is -2.27. The van der Waals surface area contributed by atoms with Crippen LogP contribution in [0.1, 0.15) is 32.1 Å². The van der Waals surface area contributed by atoms with Crippen molar-refractivity contribution >= 4 is 0 Å². The van der Waals surface area contributed by atoms with E-state index in [2.05, 4.69) is 12.4 Å². The molecule has 2 atom stereocenters. The maximum atomic E-state index is 5.20. The zero-order valence-electron chi connectivity index (χ0n) is 8.31. The van der Waals surface area contributed by atoms with Crippen LogP contribution in [-0.4, -0.2) is 26.8 Å². The molecule has 1 N–H and O–H groups in total. The summed E-state index contributed by atoms with van der Waals surface area (Å²) in [5.41, 5.74) is 0. The predicted molar refractivity (Wildman–Crippen MR) is 51.3 cm³/mol. The maximum Gasteiger partial charge on any atom is 0.0491 e. The lowest BCUT2D eigenvalue weighted by molar-refractivity contribution is 0.140. The largest absolute Gasteiger partial charge is 0.384 e. The second-order valence-electron chi connectivity index (χ2n) is 3.83. The van der Waals surface area contributed by atoms with Crippen LogP contribution in [-0.2, 0) is 4.74 Å². The summed E-state index contributed by atoms with van der Waals surface area (Å²) in [6.07, 6.45) is 6.75. The second-order valence-corrected chi connectivity index (χ2v) is 3.83. The smallest absolute Gasteiger partial charge is 0.0491 e. The number of hydrogen-bond acceptors (Lipinski definition) is 2. The highest BCUT2D eigenvalue weighted by Crippen LogP contribution is 2.23. The summed E-state index contributed by atoms with van der Waals surface area (Å²) in [5.74, 6) is 0.787. The van der Waals surface area contributed by atoms with Gasteiger partial charge in [-0.25, -0.2) is 0 Å². The van der Waals surface area contributed by atoms with Gasteiger partial charge in [-0.3, -0.25) is 0 Å². The number of hydrogen-bond donors (Lipinski definition) is 1. The first kappa shape index (κ1) is 10.0. The molecule has 1 aliphatic carbocycles. The molecule has 0 aliphatic heterocycles. The quantitative estimate of drug-likeness (QED) is 0.654. The molecular formula is C10H21NO. The third-order valence-corrected chi connectivity index (χ3v) is 2.84. The molecule has 1 saturated carbocycles. The molecule has 0 radical (unpaired) electrons. The van der Waals surface area contributed by atoms with Crippen molar-refractivity contribution in [3.63, 3.8) is 0 Å². The van der Waals surface area contributed by atoms with E-state index in [1.165, 1.54) is 32.1 Å². The number of ether oxygens (including phenoxy) is 1. The summed E-state index contributed by atoms with van der Waals surface area (Å²) < 4.78 is 5.20. The van der Waals surface area contributed by atoms with Crippen molar-refractivity contribution < 1.29 is 4.74 Å². The minimum Gasteiger partial charge on any atom is -0.384 e. The van der Waals surface area contributed by atoms with E-state index in [9.17, 15) is 0 Å². The van der Waals surface area contributed by atoms with Gasteiger partial charge in [-0.2, -0.15) is 0 Å². The first-order valence-electron chi connectivity index (χ1n) is 5.03. The number of rotatable bonds is 3. The lowest BCUT2D eigenvalue weighted by Gasteiger charge is -2.18. The molecule has 0 aromatic heterocycles. The van der Waals surface area contributed by atoms with E-state index in [1.54, 1.807) is 7.11 Å². The van der Waals surface area contributed by atoms with Gasteiger partial charge in [0.2, 0.25) is 0 Å². The van der Waals surface area contributed by atoms with Crippen LogP contribution in [0.3, 0.4) is 0 Å². The fraction of sp³-hybridized carbons (Fsp3) is 1.00. The third-order valence-electron chi connectivity index (χ3n) is 2.84. The Morgan fingerprint density at radius 2 is 2.08 bits per heavy atom. The summed E-state index contributed by atoms with van der Waals surface area (Å²) >= 11 is 0. The van der Waals surface area contributed by atoms with Gasteiger partial charge in [0.25, 0.3) is 0 Å². The standard InChI is InChI=1S/C10H21NO/c1-11-10-6-4-3-5-9(7-10)8-12-2/h9-11H,3-8H2,1-2H3. The molecule has 2 nitrogen and oxygen atoms in total. The van der Waals surface area contributed by atoms with Crippen LogP contribution in [0.25, 0.3) is 0 Å². The normalized spacial score (nSPS) is 31.5. The van der Waals surface area contributed by atoms with Gasteiger partial charge in [0.1, 0.15) is 0 Å². The minimum atomic E-state index is 0.729. The van der Waals surface area contributed by atoms with Crippen LogP contribution in [0.5, 0.6) is 0 Å². The average molecular weight is 171 g/mol. The SMILES string of the molecule is CNC1CCCCC(COC)C1. The third kappa shape index (κ3) is 3.11. The van der Waals surface area contributed by atoms with E-state index >= 15 is 0 Å². The van der Waals surface area contributed by atoms with Crippen molar-refractivity contribution in [3.05, 3.63) is 0 Å². The molecule has 0 amide bonds. The lowest BCUT2D eigenvalue weighted by atomic mass is 9.99. The molecular weight excluding hydrogens is 150 g/mol. The van der Waals surface area contributed by atoms with E-state index in [0.717, 1.165) is 18.6 Å². The highest BCUT2D eigenvalue weighted by atomic mass is 16.5. The molecule has 2 heteroatoms. The predicted octanol–water partition coefficient (Wildman–Crippen LogP) is 1.80. The van der Waals surface area contributed by atoms with Crippen LogP contribution in [0.4, 0.5) is 0 Å². The Hall–Kier alpha value is -0.0800. The molecule has 1 aliphatic rings. The first-order chi connectivity index (χ1) is 5.86. The number of methoxy groups -OCH3 is 1. The van der Waals surface area contributed by atoms with Crippen molar-refractivity contribution in [3.8, 4) is 0 Å². The van der Waals surface area contributed by atoms with Crippen molar-refractivity contribution in [2.24, 2.45) is 5.92 Å². The van der Waals surface area contributed by atoms with Gasteiger partial charge in [-0.05, 0) is 32.2 Å². The average Bonchev–Trinajstić information content (AvgIpc) is 2.30. The number of nitrogens with one attached hydrogen (secondary N) is 1. The van der Waals surface area contributed by atoms with Gasteiger partial charge in [0.15, 0.2) is 0 Å². The van der Waals surface area contributed by atoms with Crippen LogP contribution in [0, 0.1) is 5.92 Å². The van der Waals surface area contributed by atoms with E-state index in [-0.39, 0.29) is 0 Å². The Labute approximate surface area is 75.7 Å². The Morgan fingerprint density at radius 3 is 2.75 bits per heavy atom. The molecule has 1 rings (SSSR count). The summed E-state index contributed by atoms with van der Waals surface area (Å²) in [4.78, 5) is 0. The molecule has 2 unspecified atom stereocenters. The van der Waals surface area contributed by atoms with Gasteiger partial charge in [0.05, 0.1) is 0 Å². The van der Waals surface area contributed by atoms with Crippen LogP contribution in [0.2, 0.25) is 0 Å². The van der Waals surface area contributed by atoms with Crippen molar-refractivity contribution in [2.75, 3.05) is 20.8 Å². The van der Waals surface area contributed by atoms with E-state index in [4.69, 9.17) is 4.74 Å². The molecule has 0 aromatic rings. The first-order valence-corrected chi connectivity index (χ1v) is 5.03. The highest BCUT2D eigenvalue weighted by Gasteiger charge is 2.18. The Kier molecular flexibility index (Phi) is 4.62. The van der Waals surface area contributed by atoms with Gasteiger partial charge in [-0.1, -0.05) is 12.8 Å². The maximum absolute atomic E-state index is 5.20. The van der Waals surface area contributed by atoms with Crippen molar-refractivity contribution in [2.45, 2.75) is 38.1 Å². The van der Waals surface area contributed by atoms with Gasteiger partial charge in [-0.15, -0.1) is 0 Å². The zero-order valence-corrected chi connectivity index (χ0v) is 8.31. The zero-order chi connectivity index (χ0) is 8.81. The van der Waals surface area contributed by atoms with Gasteiger partial charge in [0, 0.05) is 19.8 Å². The Morgan fingerprint density at radius 1 is 1.33 bits per heavy atom. The van der Waals surface area contributed by atoms with Gasteiger partial charge >= 0.3 is 0 Å².